The van der Waals surface area contributed by atoms with Gasteiger partial charge in [0.15, 0.2) is 0 Å². The van der Waals surface area contributed by atoms with Crippen molar-refractivity contribution in [3.8, 4) is 0 Å². The van der Waals surface area contributed by atoms with Gasteiger partial charge in [-0.2, -0.15) is 0 Å². The maximum Gasteiger partial charge on any atom is 0.222 e. The number of aliphatic hydroxyl groups is 1. The highest BCUT2D eigenvalue weighted by Gasteiger charge is 2.15. The molecule has 12 heavy (non-hydrogen) atoms. The third-order valence-corrected chi connectivity index (χ3v) is 2.06. The Bertz CT molecular complexity index is 143. The van der Waals surface area contributed by atoms with Crippen molar-refractivity contribution < 1.29 is 9.90 Å². The highest BCUT2D eigenvalue weighted by molar-refractivity contribution is 5.75. The van der Waals surface area contributed by atoms with Gasteiger partial charge in [0.25, 0.3) is 0 Å². The Hall–Kier alpha value is -0.570. The lowest BCUT2D eigenvalue weighted by molar-refractivity contribution is -0.122. The molecule has 0 radical (unpaired) electrons. The van der Waals surface area contributed by atoms with Gasteiger partial charge in [0.2, 0.25) is 5.91 Å². The fraction of sp³-hybridized carbons (Fsp3) is 0.889. The van der Waals surface area contributed by atoms with Crippen molar-refractivity contribution in [1.82, 2.24) is 5.32 Å². The van der Waals surface area contributed by atoms with Crippen molar-refractivity contribution >= 4 is 5.91 Å². The van der Waals surface area contributed by atoms with Crippen molar-refractivity contribution in [3.63, 3.8) is 0 Å². The van der Waals surface area contributed by atoms with Crippen molar-refractivity contribution in [3.05, 3.63) is 0 Å². The predicted octanol–water partition coefficient (Wildman–Crippen LogP) is 0.921. The van der Waals surface area contributed by atoms with E-state index >= 15 is 0 Å². The highest BCUT2D eigenvalue weighted by atomic mass is 16.3. The molecule has 1 amide bonds. The van der Waals surface area contributed by atoms with E-state index in [1.165, 1.54) is 0 Å². The van der Waals surface area contributed by atoms with Crippen LogP contribution in [-0.2, 0) is 4.79 Å². The first-order valence-corrected chi connectivity index (χ1v) is 4.39. The lowest BCUT2D eigenvalue weighted by atomic mass is 9.90. The van der Waals surface area contributed by atoms with Gasteiger partial charge >= 0.3 is 0 Å². The Morgan fingerprint density at radius 3 is 2.50 bits per heavy atom. The summed E-state index contributed by atoms with van der Waals surface area (Å²) in [6, 6.07) is 0. The fourth-order valence-electron chi connectivity index (χ4n) is 0.653. The van der Waals surface area contributed by atoms with E-state index in [0.717, 1.165) is 6.42 Å². The lowest BCUT2D eigenvalue weighted by Crippen LogP contribution is -2.33. The topological polar surface area (TPSA) is 49.3 Å². The molecule has 0 rings (SSSR count). The molecule has 0 atom stereocenters. The highest BCUT2D eigenvalue weighted by Crippen LogP contribution is 2.17. The van der Waals surface area contributed by atoms with Gasteiger partial charge in [-0.15, -0.1) is 0 Å². The fourth-order valence-corrected chi connectivity index (χ4v) is 0.653. The summed E-state index contributed by atoms with van der Waals surface area (Å²) in [5.41, 5.74) is 0.158. The van der Waals surface area contributed by atoms with E-state index < -0.39 is 0 Å². The Labute approximate surface area is 74.2 Å². The van der Waals surface area contributed by atoms with Crippen LogP contribution in [0, 0.1) is 5.41 Å². The molecule has 0 spiro atoms. The van der Waals surface area contributed by atoms with Crippen LogP contribution in [0.3, 0.4) is 0 Å². The standard InChI is InChI=1S/C9H19NO2/c1-4-9(2,3)7-10-8(12)5-6-11/h11H,4-7H2,1-3H3,(H,10,12). The van der Waals surface area contributed by atoms with E-state index in [1.807, 2.05) is 0 Å². The molecular weight excluding hydrogens is 154 g/mol. The van der Waals surface area contributed by atoms with Gasteiger partial charge in [-0.3, -0.25) is 4.79 Å². The quantitative estimate of drug-likeness (QED) is 0.649. The van der Waals surface area contributed by atoms with Crippen LogP contribution in [0.5, 0.6) is 0 Å². The molecule has 0 aliphatic heterocycles. The molecular formula is C9H19NO2. The first kappa shape index (κ1) is 11.4. The van der Waals surface area contributed by atoms with E-state index in [-0.39, 0.29) is 24.3 Å². The Morgan fingerprint density at radius 2 is 2.08 bits per heavy atom. The third kappa shape index (κ3) is 5.13. The molecule has 0 bridgehead atoms. The summed E-state index contributed by atoms with van der Waals surface area (Å²) in [5.74, 6) is -0.0703. The third-order valence-electron chi connectivity index (χ3n) is 2.06. The molecule has 0 aromatic heterocycles. The smallest absolute Gasteiger partial charge is 0.222 e. The minimum absolute atomic E-state index is 0.0703. The average molecular weight is 173 g/mol. The van der Waals surface area contributed by atoms with Crippen LogP contribution in [0.1, 0.15) is 33.6 Å². The first-order chi connectivity index (χ1) is 5.52. The molecule has 72 valence electrons. The summed E-state index contributed by atoms with van der Waals surface area (Å²) < 4.78 is 0. The number of hydrogen-bond acceptors (Lipinski definition) is 2. The molecule has 0 fully saturated rings. The lowest BCUT2D eigenvalue weighted by Gasteiger charge is -2.22. The second kappa shape index (κ2) is 5.14. The van der Waals surface area contributed by atoms with Gasteiger partial charge in [-0.1, -0.05) is 20.8 Å². The monoisotopic (exact) mass is 173 g/mol. The van der Waals surface area contributed by atoms with E-state index in [0.29, 0.717) is 6.54 Å². The zero-order valence-corrected chi connectivity index (χ0v) is 8.18. The Balaban J connectivity index is 3.60. The van der Waals surface area contributed by atoms with Gasteiger partial charge in [-0.05, 0) is 11.8 Å². The van der Waals surface area contributed by atoms with Gasteiger partial charge in [0, 0.05) is 13.0 Å². The zero-order chi connectivity index (χ0) is 9.61. The Morgan fingerprint density at radius 1 is 1.50 bits per heavy atom. The van der Waals surface area contributed by atoms with Gasteiger partial charge in [-0.25, -0.2) is 0 Å². The molecule has 0 unspecified atom stereocenters. The van der Waals surface area contributed by atoms with Crippen LogP contribution in [0.2, 0.25) is 0 Å². The van der Waals surface area contributed by atoms with Gasteiger partial charge in [0.05, 0.1) is 6.61 Å². The second-order valence-corrected chi connectivity index (χ2v) is 3.77. The van der Waals surface area contributed by atoms with Crippen molar-refractivity contribution in [1.29, 1.82) is 0 Å². The van der Waals surface area contributed by atoms with Crippen LogP contribution in [0.15, 0.2) is 0 Å². The number of carbonyl (C=O) groups is 1. The molecule has 2 N–H and O–H groups in total. The maximum absolute atomic E-state index is 10.9. The van der Waals surface area contributed by atoms with Crippen LogP contribution in [0.25, 0.3) is 0 Å². The summed E-state index contributed by atoms with van der Waals surface area (Å²) in [5, 5.41) is 11.2. The molecule has 0 aromatic carbocycles. The van der Waals surface area contributed by atoms with Crippen molar-refractivity contribution in [2.24, 2.45) is 5.41 Å². The number of aliphatic hydroxyl groups excluding tert-OH is 1. The minimum Gasteiger partial charge on any atom is -0.396 e. The Kier molecular flexibility index (Phi) is 4.90. The summed E-state index contributed by atoms with van der Waals surface area (Å²) in [4.78, 5) is 10.9. The molecule has 0 heterocycles. The molecule has 0 aromatic rings. The van der Waals surface area contributed by atoms with Crippen LogP contribution in [-0.4, -0.2) is 24.2 Å². The molecule has 3 nitrogen and oxygen atoms in total. The van der Waals surface area contributed by atoms with E-state index in [9.17, 15) is 4.79 Å². The summed E-state index contributed by atoms with van der Waals surface area (Å²) in [7, 11) is 0. The number of amides is 1. The summed E-state index contributed by atoms with van der Waals surface area (Å²) in [6.45, 7) is 6.91. The molecule has 0 aliphatic rings. The summed E-state index contributed by atoms with van der Waals surface area (Å²) in [6.07, 6.45) is 1.24. The van der Waals surface area contributed by atoms with Crippen LogP contribution < -0.4 is 5.32 Å². The number of nitrogens with one attached hydrogen (secondary N) is 1. The minimum atomic E-state index is -0.0710. The van der Waals surface area contributed by atoms with E-state index in [4.69, 9.17) is 5.11 Å². The van der Waals surface area contributed by atoms with Crippen molar-refractivity contribution in [2.45, 2.75) is 33.6 Å². The number of rotatable bonds is 5. The summed E-state index contributed by atoms with van der Waals surface area (Å²) >= 11 is 0. The number of carbonyl (C=O) groups excluding carboxylic acids is 1. The average Bonchev–Trinajstić information content (AvgIpc) is 2.02. The van der Waals surface area contributed by atoms with Gasteiger partial charge < -0.3 is 10.4 Å². The molecule has 0 saturated carbocycles. The predicted molar refractivity (Wildman–Crippen MR) is 48.8 cm³/mol. The largest absolute Gasteiger partial charge is 0.396 e. The maximum atomic E-state index is 10.9. The zero-order valence-electron chi connectivity index (χ0n) is 8.18. The van der Waals surface area contributed by atoms with Crippen LogP contribution in [0.4, 0.5) is 0 Å². The molecule has 3 heteroatoms. The van der Waals surface area contributed by atoms with Crippen LogP contribution >= 0.6 is 0 Å². The van der Waals surface area contributed by atoms with E-state index in [2.05, 4.69) is 26.1 Å². The SMILES string of the molecule is CCC(C)(C)CNC(=O)CCO. The molecule has 0 aliphatic carbocycles. The van der Waals surface area contributed by atoms with Gasteiger partial charge in [0.1, 0.15) is 0 Å². The molecule has 0 saturated heterocycles. The first-order valence-electron chi connectivity index (χ1n) is 4.39. The number of hydrogen-bond donors (Lipinski definition) is 2. The van der Waals surface area contributed by atoms with Crippen molar-refractivity contribution in [2.75, 3.05) is 13.2 Å². The van der Waals surface area contributed by atoms with E-state index in [1.54, 1.807) is 0 Å². The normalized spacial score (nSPS) is 11.3. The second-order valence-electron chi connectivity index (χ2n) is 3.77.